The van der Waals surface area contributed by atoms with Crippen LogP contribution in [0.5, 0.6) is 0 Å². The van der Waals surface area contributed by atoms with Gasteiger partial charge in [0.25, 0.3) is 0 Å². The van der Waals surface area contributed by atoms with Crippen LogP contribution in [-0.4, -0.2) is 40.0 Å². The zero-order valence-corrected chi connectivity index (χ0v) is 11.1. The number of nitrogens with zero attached hydrogens (tertiary/aromatic N) is 4. The van der Waals surface area contributed by atoms with Gasteiger partial charge in [0.1, 0.15) is 0 Å². The van der Waals surface area contributed by atoms with Crippen molar-refractivity contribution in [2.75, 3.05) is 18.5 Å². The third-order valence-corrected chi connectivity index (χ3v) is 2.72. The fraction of sp³-hybridized carbons (Fsp3) is 0.750. The standard InChI is InChI=1S/C12H22N4O/c1-5-10-11(6-2)14-15-12(13-10)16(4)8-7-9(3)17/h9,17H,5-8H2,1-4H3. The molecule has 1 heterocycles. The molecule has 0 saturated heterocycles. The molecule has 0 bridgehead atoms. The lowest BCUT2D eigenvalue weighted by Crippen LogP contribution is -2.25. The average Bonchev–Trinajstić information content (AvgIpc) is 2.34. The Morgan fingerprint density at radius 3 is 2.35 bits per heavy atom. The minimum Gasteiger partial charge on any atom is -0.393 e. The summed E-state index contributed by atoms with van der Waals surface area (Å²) < 4.78 is 0. The molecule has 5 heteroatoms. The van der Waals surface area contributed by atoms with E-state index in [-0.39, 0.29) is 6.10 Å². The topological polar surface area (TPSA) is 62.1 Å². The molecule has 0 aliphatic rings. The number of aliphatic hydroxyl groups excluding tert-OH is 1. The maximum Gasteiger partial charge on any atom is 0.245 e. The molecule has 0 radical (unpaired) electrons. The molecule has 0 saturated carbocycles. The Balaban J connectivity index is 2.77. The van der Waals surface area contributed by atoms with E-state index in [2.05, 4.69) is 29.0 Å². The highest BCUT2D eigenvalue weighted by molar-refractivity contribution is 5.28. The van der Waals surface area contributed by atoms with Gasteiger partial charge in [0.2, 0.25) is 5.95 Å². The Kier molecular flexibility index (Phi) is 5.28. The van der Waals surface area contributed by atoms with E-state index < -0.39 is 0 Å². The smallest absolute Gasteiger partial charge is 0.245 e. The van der Waals surface area contributed by atoms with Gasteiger partial charge >= 0.3 is 0 Å². The van der Waals surface area contributed by atoms with Gasteiger partial charge in [-0.1, -0.05) is 13.8 Å². The van der Waals surface area contributed by atoms with Crippen molar-refractivity contribution in [3.8, 4) is 0 Å². The molecule has 1 N–H and O–H groups in total. The van der Waals surface area contributed by atoms with E-state index in [1.54, 1.807) is 6.92 Å². The Labute approximate surface area is 103 Å². The molecule has 1 aromatic heterocycles. The predicted molar refractivity (Wildman–Crippen MR) is 68.2 cm³/mol. The number of aromatic nitrogens is 3. The molecular weight excluding hydrogens is 216 g/mol. The van der Waals surface area contributed by atoms with Crippen molar-refractivity contribution < 1.29 is 5.11 Å². The van der Waals surface area contributed by atoms with E-state index in [1.165, 1.54) is 0 Å². The first-order valence-electron chi connectivity index (χ1n) is 6.20. The minimum absolute atomic E-state index is 0.300. The van der Waals surface area contributed by atoms with Crippen molar-refractivity contribution in [2.45, 2.75) is 46.1 Å². The molecule has 0 amide bonds. The van der Waals surface area contributed by atoms with Crippen LogP contribution >= 0.6 is 0 Å². The first-order chi connectivity index (χ1) is 8.08. The first-order valence-corrected chi connectivity index (χ1v) is 6.20. The Bertz CT molecular complexity index is 354. The highest BCUT2D eigenvalue weighted by Crippen LogP contribution is 2.10. The molecule has 0 spiro atoms. The minimum atomic E-state index is -0.300. The normalized spacial score (nSPS) is 12.5. The third kappa shape index (κ3) is 3.93. The molecular formula is C12H22N4O. The second-order valence-corrected chi connectivity index (χ2v) is 4.27. The van der Waals surface area contributed by atoms with Crippen LogP contribution in [0.2, 0.25) is 0 Å². The van der Waals surface area contributed by atoms with E-state index in [0.29, 0.717) is 12.4 Å². The van der Waals surface area contributed by atoms with E-state index in [0.717, 1.165) is 30.8 Å². The Hall–Kier alpha value is -1.23. The van der Waals surface area contributed by atoms with Gasteiger partial charge in [-0.3, -0.25) is 0 Å². The Morgan fingerprint density at radius 2 is 1.82 bits per heavy atom. The predicted octanol–water partition coefficient (Wildman–Crippen LogP) is 1.20. The van der Waals surface area contributed by atoms with Crippen molar-refractivity contribution in [1.29, 1.82) is 0 Å². The number of aliphatic hydroxyl groups is 1. The number of rotatable bonds is 6. The summed E-state index contributed by atoms with van der Waals surface area (Å²) in [6, 6.07) is 0. The van der Waals surface area contributed by atoms with Crippen LogP contribution in [0, 0.1) is 0 Å². The van der Waals surface area contributed by atoms with E-state index in [4.69, 9.17) is 0 Å². The van der Waals surface area contributed by atoms with Crippen LogP contribution in [0.4, 0.5) is 5.95 Å². The summed E-state index contributed by atoms with van der Waals surface area (Å²) in [5.74, 6) is 0.639. The second kappa shape index (κ2) is 6.49. The SMILES string of the molecule is CCc1nnc(N(C)CCC(C)O)nc1CC. The summed E-state index contributed by atoms with van der Waals surface area (Å²) in [5.41, 5.74) is 1.99. The molecule has 1 atom stereocenters. The number of anilines is 1. The lowest BCUT2D eigenvalue weighted by Gasteiger charge is -2.18. The van der Waals surface area contributed by atoms with Crippen molar-refractivity contribution in [1.82, 2.24) is 15.2 Å². The second-order valence-electron chi connectivity index (χ2n) is 4.27. The van der Waals surface area contributed by atoms with Crippen LogP contribution in [0.3, 0.4) is 0 Å². The molecule has 96 valence electrons. The molecule has 1 unspecified atom stereocenters. The number of hydrogen-bond donors (Lipinski definition) is 1. The fourth-order valence-corrected chi connectivity index (χ4v) is 1.57. The Morgan fingerprint density at radius 1 is 1.18 bits per heavy atom. The monoisotopic (exact) mass is 238 g/mol. The van der Waals surface area contributed by atoms with Gasteiger partial charge in [0.15, 0.2) is 0 Å². The van der Waals surface area contributed by atoms with Crippen LogP contribution in [-0.2, 0) is 12.8 Å². The van der Waals surface area contributed by atoms with Crippen molar-refractivity contribution >= 4 is 5.95 Å². The lowest BCUT2D eigenvalue weighted by molar-refractivity contribution is 0.186. The summed E-state index contributed by atoms with van der Waals surface area (Å²) in [6.45, 7) is 6.64. The zero-order chi connectivity index (χ0) is 12.8. The zero-order valence-electron chi connectivity index (χ0n) is 11.1. The maximum absolute atomic E-state index is 9.25. The largest absolute Gasteiger partial charge is 0.393 e. The van der Waals surface area contributed by atoms with Crippen LogP contribution < -0.4 is 4.90 Å². The van der Waals surface area contributed by atoms with Crippen LogP contribution in [0.25, 0.3) is 0 Å². The first kappa shape index (κ1) is 13.8. The number of hydrogen-bond acceptors (Lipinski definition) is 5. The van der Waals surface area contributed by atoms with Crippen molar-refractivity contribution in [2.24, 2.45) is 0 Å². The van der Waals surface area contributed by atoms with Gasteiger partial charge in [-0.25, -0.2) is 4.98 Å². The van der Waals surface area contributed by atoms with Gasteiger partial charge in [-0.2, -0.15) is 5.10 Å². The average molecular weight is 238 g/mol. The summed E-state index contributed by atoms with van der Waals surface area (Å²) in [5, 5.41) is 17.6. The third-order valence-electron chi connectivity index (χ3n) is 2.72. The van der Waals surface area contributed by atoms with Crippen LogP contribution in [0.1, 0.15) is 38.6 Å². The quantitative estimate of drug-likeness (QED) is 0.807. The molecule has 0 aliphatic carbocycles. The van der Waals surface area contributed by atoms with Gasteiger partial charge < -0.3 is 10.0 Å². The van der Waals surface area contributed by atoms with Crippen molar-refractivity contribution in [3.63, 3.8) is 0 Å². The van der Waals surface area contributed by atoms with Crippen molar-refractivity contribution in [3.05, 3.63) is 11.4 Å². The van der Waals surface area contributed by atoms with E-state index in [9.17, 15) is 5.11 Å². The molecule has 17 heavy (non-hydrogen) atoms. The summed E-state index contributed by atoms with van der Waals surface area (Å²) >= 11 is 0. The molecule has 0 fully saturated rings. The number of aryl methyl sites for hydroxylation is 2. The summed E-state index contributed by atoms with van der Waals surface area (Å²) in [7, 11) is 1.92. The van der Waals surface area contributed by atoms with Gasteiger partial charge in [0, 0.05) is 13.6 Å². The fourth-order valence-electron chi connectivity index (χ4n) is 1.57. The van der Waals surface area contributed by atoms with E-state index in [1.807, 2.05) is 11.9 Å². The molecule has 5 nitrogen and oxygen atoms in total. The lowest BCUT2D eigenvalue weighted by atomic mass is 10.2. The highest BCUT2D eigenvalue weighted by Gasteiger charge is 2.10. The molecule has 1 rings (SSSR count). The van der Waals surface area contributed by atoms with Gasteiger partial charge in [-0.15, -0.1) is 5.10 Å². The molecule has 0 aliphatic heterocycles. The summed E-state index contributed by atoms with van der Waals surface area (Å²) in [6.07, 6.45) is 2.14. The molecule has 1 aromatic rings. The maximum atomic E-state index is 9.25. The van der Waals surface area contributed by atoms with Gasteiger partial charge in [-0.05, 0) is 26.2 Å². The van der Waals surface area contributed by atoms with Gasteiger partial charge in [0.05, 0.1) is 17.5 Å². The van der Waals surface area contributed by atoms with Crippen LogP contribution in [0.15, 0.2) is 0 Å². The molecule has 0 aromatic carbocycles. The summed E-state index contributed by atoms with van der Waals surface area (Å²) in [4.78, 5) is 6.44. The highest BCUT2D eigenvalue weighted by atomic mass is 16.3. The van der Waals surface area contributed by atoms with E-state index >= 15 is 0 Å².